The fourth-order valence-corrected chi connectivity index (χ4v) is 4.11. The summed E-state index contributed by atoms with van der Waals surface area (Å²) in [5, 5.41) is 4.78. The minimum absolute atomic E-state index is 0.328. The third kappa shape index (κ3) is 2.99. The van der Waals surface area contributed by atoms with Crippen LogP contribution in [0.15, 0.2) is 21.5 Å². The van der Waals surface area contributed by atoms with Crippen LogP contribution in [0.2, 0.25) is 0 Å². The maximum absolute atomic E-state index is 5.55. The van der Waals surface area contributed by atoms with Gasteiger partial charge in [0.15, 0.2) is 5.17 Å². The summed E-state index contributed by atoms with van der Waals surface area (Å²) in [6.45, 7) is 4.98. The van der Waals surface area contributed by atoms with Gasteiger partial charge in [0.1, 0.15) is 11.5 Å². The van der Waals surface area contributed by atoms with Gasteiger partial charge in [0.05, 0.1) is 6.54 Å². The molecule has 0 unspecified atom stereocenters. The van der Waals surface area contributed by atoms with E-state index in [1.165, 1.54) is 31.4 Å². The Morgan fingerprint density at radius 3 is 2.89 bits per heavy atom. The third-order valence-corrected chi connectivity index (χ3v) is 5.46. The zero-order valence-corrected chi connectivity index (χ0v) is 12.6. The predicted octanol–water partition coefficient (Wildman–Crippen LogP) is 3.73. The maximum atomic E-state index is 5.55. The number of amidine groups is 1. The number of nitrogens with zero attached hydrogens (tertiary/aromatic N) is 1. The number of nitrogens with one attached hydrogen (secondary N) is 1. The van der Waals surface area contributed by atoms with Gasteiger partial charge in [0.2, 0.25) is 0 Å². The minimum Gasteiger partial charge on any atom is -0.464 e. The molecule has 1 aliphatic carbocycles. The molecule has 3 nitrogen and oxygen atoms in total. The molecule has 3 rings (SSSR count). The summed E-state index contributed by atoms with van der Waals surface area (Å²) >= 11 is 1.87. The smallest absolute Gasteiger partial charge is 0.157 e. The van der Waals surface area contributed by atoms with Crippen molar-refractivity contribution in [2.75, 3.05) is 5.75 Å². The molecule has 2 aliphatic rings. The summed E-state index contributed by atoms with van der Waals surface area (Å²) in [5.74, 6) is 3.98. The van der Waals surface area contributed by atoms with Crippen molar-refractivity contribution < 1.29 is 4.42 Å². The summed E-state index contributed by atoms with van der Waals surface area (Å²) in [6.07, 6.45) is 5.27. The van der Waals surface area contributed by atoms with Crippen LogP contribution < -0.4 is 5.32 Å². The normalized spacial score (nSPS) is 32.9. The number of furan rings is 1. The molecule has 1 spiro atoms. The lowest BCUT2D eigenvalue weighted by Gasteiger charge is -2.35. The summed E-state index contributed by atoms with van der Waals surface area (Å²) in [6, 6.07) is 4.01. The van der Waals surface area contributed by atoms with Crippen molar-refractivity contribution in [3.63, 3.8) is 0 Å². The minimum atomic E-state index is 0.328. The van der Waals surface area contributed by atoms with Gasteiger partial charge in [0, 0.05) is 11.3 Å². The molecular weight excluding hydrogens is 256 g/mol. The van der Waals surface area contributed by atoms with Crippen molar-refractivity contribution in [2.45, 2.75) is 51.6 Å². The Labute approximate surface area is 119 Å². The second kappa shape index (κ2) is 5.23. The average Bonchev–Trinajstić information content (AvgIpc) is 2.99. The molecule has 0 atom stereocenters. The van der Waals surface area contributed by atoms with Crippen LogP contribution in [0.1, 0.15) is 44.1 Å². The van der Waals surface area contributed by atoms with Gasteiger partial charge in [-0.05, 0) is 50.7 Å². The van der Waals surface area contributed by atoms with Crippen molar-refractivity contribution in [3.8, 4) is 0 Å². The van der Waals surface area contributed by atoms with E-state index >= 15 is 0 Å². The summed E-state index contributed by atoms with van der Waals surface area (Å²) in [4.78, 5) is 4.65. The molecule has 0 aromatic carbocycles. The molecule has 4 heteroatoms. The lowest BCUT2D eigenvalue weighted by Crippen LogP contribution is -2.46. The number of hydrogen-bond acceptors (Lipinski definition) is 3. The zero-order chi connectivity index (χ0) is 13.3. The van der Waals surface area contributed by atoms with Gasteiger partial charge in [-0.3, -0.25) is 4.99 Å². The Morgan fingerprint density at radius 1 is 1.42 bits per heavy atom. The third-order valence-electron chi connectivity index (χ3n) is 4.26. The Hall–Kier alpha value is -0.900. The number of thioether (sulfide) groups is 1. The van der Waals surface area contributed by atoms with Crippen LogP contribution in [-0.2, 0) is 6.54 Å². The Kier molecular flexibility index (Phi) is 3.61. The van der Waals surface area contributed by atoms with Crippen molar-refractivity contribution in [1.82, 2.24) is 5.32 Å². The molecule has 0 radical (unpaired) electrons. The molecule has 2 heterocycles. The van der Waals surface area contributed by atoms with Crippen molar-refractivity contribution >= 4 is 16.9 Å². The second-order valence-electron chi connectivity index (χ2n) is 6.01. The van der Waals surface area contributed by atoms with Crippen LogP contribution in [0.4, 0.5) is 0 Å². The first-order valence-electron chi connectivity index (χ1n) is 7.16. The maximum Gasteiger partial charge on any atom is 0.157 e. The highest BCUT2D eigenvalue weighted by atomic mass is 32.2. The van der Waals surface area contributed by atoms with Crippen LogP contribution in [0.3, 0.4) is 0 Å². The first-order chi connectivity index (χ1) is 9.15. The molecule has 104 valence electrons. The summed E-state index contributed by atoms with van der Waals surface area (Å²) in [5.41, 5.74) is 0.328. The van der Waals surface area contributed by atoms with Crippen molar-refractivity contribution in [2.24, 2.45) is 10.9 Å². The highest BCUT2D eigenvalue weighted by molar-refractivity contribution is 8.14. The van der Waals surface area contributed by atoms with Crippen LogP contribution in [0, 0.1) is 12.8 Å². The van der Waals surface area contributed by atoms with E-state index in [4.69, 9.17) is 4.42 Å². The zero-order valence-electron chi connectivity index (χ0n) is 11.7. The highest BCUT2D eigenvalue weighted by Crippen LogP contribution is 2.38. The number of aliphatic imine (C=N–C) groups is 1. The molecule has 19 heavy (non-hydrogen) atoms. The lowest BCUT2D eigenvalue weighted by molar-refractivity contribution is 0.250. The largest absolute Gasteiger partial charge is 0.464 e. The van der Waals surface area contributed by atoms with E-state index in [9.17, 15) is 0 Å². The second-order valence-corrected chi connectivity index (χ2v) is 6.97. The molecule has 0 amide bonds. The quantitative estimate of drug-likeness (QED) is 0.895. The summed E-state index contributed by atoms with van der Waals surface area (Å²) in [7, 11) is 0. The first kappa shape index (κ1) is 13.1. The molecule has 2 fully saturated rings. The molecule has 1 saturated heterocycles. The van der Waals surface area contributed by atoms with Crippen LogP contribution in [-0.4, -0.2) is 16.5 Å². The molecule has 1 N–H and O–H groups in total. The van der Waals surface area contributed by atoms with E-state index < -0.39 is 0 Å². The predicted molar refractivity (Wildman–Crippen MR) is 80.5 cm³/mol. The molecule has 0 bridgehead atoms. The SMILES string of the molecule is Cc1ccc(CN=C2NC3(CCC(C)CC3)CS2)o1. The Bertz CT molecular complexity index is 472. The number of rotatable bonds is 2. The van der Waals surface area contributed by atoms with Gasteiger partial charge in [-0.1, -0.05) is 18.7 Å². The summed E-state index contributed by atoms with van der Waals surface area (Å²) < 4.78 is 5.55. The highest BCUT2D eigenvalue weighted by Gasteiger charge is 2.39. The van der Waals surface area contributed by atoms with Gasteiger partial charge in [-0.25, -0.2) is 0 Å². The van der Waals surface area contributed by atoms with Gasteiger partial charge in [-0.15, -0.1) is 0 Å². The first-order valence-corrected chi connectivity index (χ1v) is 8.15. The van der Waals surface area contributed by atoms with E-state index in [0.717, 1.165) is 22.6 Å². The lowest BCUT2D eigenvalue weighted by atomic mass is 9.78. The molecule has 1 aromatic rings. The Balaban J connectivity index is 1.59. The Morgan fingerprint density at radius 2 is 2.21 bits per heavy atom. The fourth-order valence-electron chi connectivity index (χ4n) is 2.89. The monoisotopic (exact) mass is 278 g/mol. The number of hydrogen-bond donors (Lipinski definition) is 1. The van der Waals surface area contributed by atoms with Gasteiger partial charge in [0.25, 0.3) is 0 Å². The van der Waals surface area contributed by atoms with E-state index in [1.807, 2.05) is 30.8 Å². The van der Waals surface area contributed by atoms with Crippen molar-refractivity contribution in [1.29, 1.82) is 0 Å². The van der Waals surface area contributed by atoms with E-state index in [1.54, 1.807) is 0 Å². The van der Waals surface area contributed by atoms with Crippen molar-refractivity contribution in [3.05, 3.63) is 23.7 Å². The van der Waals surface area contributed by atoms with E-state index in [0.29, 0.717) is 12.1 Å². The van der Waals surface area contributed by atoms with Gasteiger partial charge >= 0.3 is 0 Å². The molecule has 1 aliphatic heterocycles. The van der Waals surface area contributed by atoms with Crippen LogP contribution >= 0.6 is 11.8 Å². The average molecular weight is 278 g/mol. The van der Waals surface area contributed by atoms with Crippen LogP contribution in [0.25, 0.3) is 0 Å². The molecule has 1 aromatic heterocycles. The van der Waals surface area contributed by atoms with Gasteiger partial charge < -0.3 is 9.73 Å². The molecular formula is C15H22N2OS. The topological polar surface area (TPSA) is 37.5 Å². The fraction of sp³-hybridized carbons (Fsp3) is 0.667. The molecule has 1 saturated carbocycles. The van der Waals surface area contributed by atoms with Crippen LogP contribution in [0.5, 0.6) is 0 Å². The van der Waals surface area contributed by atoms with Gasteiger partial charge in [-0.2, -0.15) is 0 Å². The standard InChI is InChI=1S/C15H22N2OS/c1-11-5-7-15(8-6-11)10-19-14(17-15)16-9-13-4-3-12(2)18-13/h3-4,11H,5-10H2,1-2H3,(H,16,17). The van der Waals surface area contributed by atoms with E-state index in [2.05, 4.69) is 17.2 Å². The van der Waals surface area contributed by atoms with E-state index in [-0.39, 0.29) is 0 Å². The number of aryl methyl sites for hydroxylation is 1.